The summed E-state index contributed by atoms with van der Waals surface area (Å²) in [6, 6.07) is 1.17. The number of hydrogen-bond acceptors (Lipinski definition) is 7. The van der Waals surface area contributed by atoms with Crippen molar-refractivity contribution in [1.29, 1.82) is 0 Å². The molecule has 2 aliphatic rings. The molecule has 10 heteroatoms. The second-order valence-corrected chi connectivity index (χ2v) is 6.85. The average molecular weight is 383 g/mol. The summed E-state index contributed by atoms with van der Waals surface area (Å²) in [6.07, 6.45) is 4.34. The van der Waals surface area contributed by atoms with Gasteiger partial charge in [-0.1, -0.05) is 11.6 Å². The van der Waals surface area contributed by atoms with Gasteiger partial charge >= 0.3 is 17.6 Å². The Kier molecular flexibility index (Phi) is 5.38. The summed E-state index contributed by atoms with van der Waals surface area (Å²) in [4.78, 5) is 40.8. The lowest BCUT2D eigenvalue weighted by Gasteiger charge is -2.36. The summed E-state index contributed by atoms with van der Waals surface area (Å²) < 4.78 is 4.82. The van der Waals surface area contributed by atoms with Gasteiger partial charge < -0.3 is 10.1 Å². The van der Waals surface area contributed by atoms with Crippen LogP contribution in [0.15, 0.2) is 12.3 Å². The Hall–Kier alpha value is -2.26. The van der Waals surface area contributed by atoms with Crippen molar-refractivity contribution in [2.45, 2.75) is 50.7 Å². The second-order valence-electron chi connectivity index (χ2n) is 6.41. The van der Waals surface area contributed by atoms with E-state index >= 15 is 0 Å². The molecule has 3 atom stereocenters. The third kappa shape index (κ3) is 3.63. The van der Waals surface area contributed by atoms with Gasteiger partial charge in [-0.25, -0.2) is 9.78 Å². The van der Waals surface area contributed by atoms with E-state index in [2.05, 4.69) is 10.3 Å². The largest absolute Gasteiger partial charge is 0.459 e. The van der Waals surface area contributed by atoms with E-state index in [0.717, 1.165) is 23.8 Å². The predicted octanol–water partition coefficient (Wildman–Crippen LogP) is 1.82. The van der Waals surface area contributed by atoms with Crippen LogP contribution < -0.4 is 10.2 Å². The molecule has 1 amide bonds. The monoisotopic (exact) mass is 382 g/mol. The molecule has 0 radical (unpaired) electrons. The maximum atomic E-state index is 12.8. The van der Waals surface area contributed by atoms with E-state index in [1.165, 1.54) is 6.20 Å². The molecule has 1 aromatic heterocycles. The number of aromatic nitrogens is 1. The van der Waals surface area contributed by atoms with E-state index in [0.29, 0.717) is 12.8 Å². The first kappa shape index (κ1) is 18.5. The lowest BCUT2D eigenvalue weighted by atomic mass is 9.97. The topological polar surface area (TPSA) is 115 Å². The van der Waals surface area contributed by atoms with Gasteiger partial charge in [-0.15, -0.1) is 0 Å². The minimum atomic E-state index is -1.05. The number of nitro groups is 1. The van der Waals surface area contributed by atoms with Crippen LogP contribution in [0.5, 0.6) is 0 Å². The van der Waals surface area contributed by atoms with Crippen molar-refractivity contribution in [2.24, 2.45) is 0 Å². The van der Waals surface area contributed by atoms with Gasteiger partial charge in [0.05, 0.1) is 16.6 Å². The maximum absolute atomic E-state index is 12.8. The summed E-state index contributed by atoms with van der Waals surface area (Å²) in [7, 11) is 0. The Labute approximate surface area is 154 Å². The molecule has 140 valence electrons. The highest BCUT2D eigenvalue weighted by Gasteiger charge is 2.42. The Bertz CT molecular complexity index is 731. The highest BCUT2D eigenvalue weighted by molar-refractivity contribution is 6.38. The fourth-order valence-corrected chi connectivity index (χ4v) is 3.86. The molecule has 1 aromatic rings. The third-order valence-electron chi connectivity index (χ3n) is 4.72. The number of pyridine rings is 1. The molecule has 2 saturated heterocycles. The molecular formula is C16H19ClN4O5. The van der Waals surface area contributed by atoms with E-state index in [1.807, 2.05) is 0 Å². The summed E-state index contributed by atoms with van der Waals surface area (Å²) in [5.41, 5.74) is -0.416. The number of rotatable bonds is 4. The average Bonchev–Trinajstić information content (AvgIpc) is 2.94. The summed E-state index contributed by atoms with van der Waals surface area (Å²) in [5.74, 6) is -2.18. The number of halogens is 1. The van der Waals surface area contributed by atoms with Crippen molar-refractivity contribution >= 4 is 35.0 Å². The van der Waals surface area contributed by atoms with Crippen LogP contribution in [0.4, 0.5) is 11.5 Å². The van der Waals surface area contributed by atoms with Gasteiger partial charge in [0.15, 0.2) is 0 Å². The summed E-state index contributed by atoms with van der Waals surface area (Å²) in [5, 5.41) is 15.0. The van der Waals surface area contributed by atoms with E-state index in [4.69, 9.17) is 16.3 Å². The highest BCUT2D eigenvalue weighted by atomic mass is 35.5. The maximum Gasteiger partial charge on any atom is 0.397 e. The number of anilines is 1. The van der Waals surface area contributed by atoms with E-state index in [9.17, 15) is 19.7 Å². The Morgan fingerprint density at radius 2 is 2.08 bits per heavy atom. The zero-order valence-electron chi connectivity index (χ0n) is 14.2. The van der Waals surface area contributed by atoms with Gasteiger partial charge in [-0.3, -0.25) is 19.8 Å². The Balaban J connectivity index is 2.02. The van der Waals surface area contributed by atoms with Gasteiger partial charge in [0.2, 0.25) is 5.82 Å². The molecule has 0 unspecified atom stereocenters. The molecule has 9 nitrogen and oxygen atoms in total. The number of nitrogens with zero attached hydrogens (tertiary/aromatic N) is 3. The second kappa shape index (κ2) is 7.55. The third-order valence-corrected chi connectivity index (χ3v) is 4.93. The van der Waals surface area contributed by atoms with Crippen LogP contribution in [-0.2, 0) is 14.3 Å². The van der Waals surface area contributed by atoms with Gasteiger partial charge in [-0.2, -0.15) is 0 Å². The van der Waals surface area contributed by atoms with Crippen molar-refractivity contribution in [3.05, 3.63) is 27.4 Å². The normalized spacial score (nSPS) is 24.2. The van der Waals surface area contributed by atoms with E-state index in [-0.39, 0.29) is 35.6 Å². The molecule has 2 aliphatic heterocycles. The number of carbonyl (C=O) groups is 2. The number of hydrogen-bond donors (Lipinski definition) is 1. The minimum Gasteiger partial charge on any atom is -0.459 e. The van der Waals surface area contributed by atoms with Gasteiger partial charge in [0.25, 0.3) is 0 Å². The number of fused-ring (bicyclic) bond motifs is 2. The zero-order chi connectivity index (χ0) is 18.8. The molecule has 26 heavy (non-hydrogen) atoms. The molecule has 0 aliphatic carbocycles. The first-order valence-corrected chi connectivity index (χ1v) is 8.84. The van der Waals surface area contributed by atoms with Crippen LogP contribution in [0.2, 0.25) is 5.02 Å². The smallest absolute Gasteiger partial charge is 0.397 e. The lowest BCUT2D eigenvalue weighted by Crippen LogP contribution is -2.52. The summed E-state index contributed by atoms with van der Waals surface area (Å²) >= 11 is 5.83. The molecular weight excluding hydrogens is 364 g/mol. The van der Waals surface area contributed by atoms with E-state index < -0.39 is 22.5 Å². The number of ether oxygens (including phenoxy) is 1. The summed E-state index contributed by atoms with van der Waals surface area (Å²) in [6.45, 7) is 1.62. The van der Waals surface area contributed by atoms with Crippen LogP contribution in [0, 0.1) is 10.1 Å². The fourth-order valence-electron chi connectivity index (χ4n) is 3.71. The first-order valence-electron chi connectivity index (χ1n) is 8.47. The van der Waals surface area contributed by atoms with Crippen LogP contribution in [0.3, 0.4) is 0 Å². The van der Waals surface area contributed by atoms with Crippen molar-refractivity contribution < 1.29 is 19.2 Å². The molecule has 2 fully saturated rings. The molecule has 0 aromatic carbocycles. The van der Waals surface area contributed by atoms with Crippen molar-refractivity contribution in [1.82, 2.24) is 10.3 Å². The fraction of sp³-hybridized carbons (Fsp3) is 0.562. The van der Waals surface area contributed by atoms with E-state index in [1.54, 1.807) is 6.92 Å². The first-order chi connectivity index (χ1) is 12.4. The number of amides is 1. The predicted molar refractivity (Wildman–Crippen MR) is 93.0 cm³/mol. The molecule has 3 heterocycles. The van der Waals surface area contributed by atoms with Gasteiger partial charge in [0.1, 0.15) is 0 Å². The highest BCUT2D eigenvalue weighted by Crippen LogP contribution is 2.36. The van der Waals surface area contributed by atoms with Crippen molar-refractivity contribution in [3.8, 4) is 0 Å². The lowest BCUT2D eigenvalue weighted by molar-refractivity contribution is -0.384. The number of nitrogens with one attached hydrogen (secondary N) is 1. The molecule has 1 N–H and O–H groups in total. The number of carbonyl (C=O) groups excluding carboxylic acids is 2. The van der Waals surface area contributed by atoms with Crippen molar-refractivity contribution in [2.75, 3.05) is 11.5 Å². The standard InChI is InChI=1S/C16H19ClN4O5/c1-2-26-16(23)15(22)20(12-6-10-3-4-11(7-12)19-10)14-13(21(24)25)5-9(17)8-18-14/h5,8,10-12,19H,2-4,6-7H2,1H3/t10-,11+,12+. The SMILES string of the molecule is CCOC(=O)C(=O)N(c1ncc(Cl)cc1[N+](=O)[O-])[C@H]1C[C@H]2CC[C@@H](C1)N2. The van der Waals surface area contributed by atoms with Crippen LogP contribution >= 0.6 is 11.6 Å². The van der Waals surface area contributed by atoms with Gasteiger partial charge in [0, 0.05) is 30.4 Å². The molecule has 2 bridgehead atoms. The van der Waals surface area contributed by atoms with Crippen molar-refractivity contribution in [3.63, 3.8) is 0 Å². The van der Waals surface area contributed by atoms with Crippen LogP contribution in [0.1, 0.15) is 32.6 Å². The van der Waals surface area contributed by atoms with Gasteiger partial charge in [-0.05, 0) is 32.6 Å². The number of piperidine rings is 1. The molecule has 0 saturated carbocycles. The Morgan fingerprint density at radius 3 is 2.65 bits per heavy atom. The molecule has 3 rings (SSSR count). The van der Waals surface area contributed by atoms with Crippen LogP contribution in [-0.4, -0.2) is 46.5 Å². The zero-order valence-corrected chi connectivity index (χ0v) is 14.9. The number of esters is 1. The quantitative estimate of drug-likeness (QED) is 0.365. The molecule has 0 spiro atoms. The van der Waals surface area contributed by atoms with Crippen LogP contribution in [0.25, 0.3) is 0 Å². The Morgan fingerprint density at radius 1 is 1.42 bits per heavy atom. The minimum absolute atomic E-state index is 0.0338.